The average Bonchev–Trinajstić information content (AvgIpc) is 2.83. The summed E-state index contributed by atoms with van der Waals surface area (Å²) in [4.78, 5) is 27.5. The molecule has 114 valence electrons. The van der Waals surface area contributed by atoms with Gasteiger partial charge in [-0.25, -0.2) is 0 Å². The number of carbonyl (C=O) groups is 2. The predicted octanol–water partition coefficient (Wildman–Crippen LogP) is 1.98. The first-order valence-electron chi connectivity index (χ1n) is 7.33. The van der Waals surface area contributed by atoms with E-state index in [1.807, 2.05) is 37.3 Å². The number of hydrogen-bond acceptors (Lipinski definition) is 3. The Balaban J connectivity index is 2.11. The minimum atomic E-state index is -0.925. The van der Waals surface area contributed by atoms with E-state index in [1.165, 1.54) is 0 Å². The molecule has 1 N–H and O–H groups in total. The van der Waals surface area contributed by atoms with Crippen molar-refractivity contribution in [3.8, 4) is 0 Å². The van der Waals surface area contributed by atoms with Gasteiger partial charge in [-0.2, -0.15) is 0 Å². The van der Waals surface area contributed by atoms with Gasteiger partial charge in [0, 0.05) is 12.2 Å². The Kier molecular flexibility index (Phi) is 4.63. The van der Waals surface area contributed by atoms with Gasteiger partial charge in [0.1, 0.15) is 5.54 Å². The Morgan fingerprint density at radius 2 is 2.00 bits per heavy atom. The van der Waals surface area contributed by atoms with Crippen molar-refractivity contribution in [2.45, 2.75) is 32.2 Å². The lowest BCUT2D eigenvalue weighted by atomic mass is 9.99. The normalized spacial score (nSPS) is 22.2. The maximum Gasteiger partial charge on any atom is 0.323 e. The molecular formula is C16H22N2O3. The first-order chi connectivity index (χ1) is 9.99. The number of rotatable bonds is 5. The van der Waals surface area contributed by atoms with Crippen LogP contribution in [0.25, 0.3) is 0 Å². The molecule has 0 bridgehead atoms. The summed E-state index contributed by atoms with van der Waals surface area (Å²) in [6.45, 7) is 4.99. The van der Waals surface area contributed by atoms with Gasteiger partial charge in [0.2, 0.25) is 5.91 Å². The quantitative estimate of drug-likeness (QED) is 0.900. The van der Waals surface area contributed by atoms with Crippen LogP contribution in [0, 0.1) is 0 Å². The average molecular weight is 290 g/mol. The third-order valence-electron chi connectivity index (χ3n) is 4.26. The summed E-state index contributed by atoms with van der Waals surface area (Å²) < 4.78 is 0. The van der Waals surface area contributed by atoms with Gasteiger partial charge in [0.05, 0.1) is 6.54 Å². The maximum absolute atomic E-state index is 12.5. The number of benzene rings is 1. The topological polar surface area (TPSA) is 60.9 Å². The number of likely N-dealkylation sites (N-methyl/N-ethyl adjacent to an activating group) is 1. The van der Waals surface area contributed by atoms with Crippen molar-refractivity contribution in [3.05, 3.63) is 30.3 Å². The van der Waals surface area contributed by atoms with Gasteiger partial charge < -0.3 is 10.0 Å². The second-order valence-electron chi connectivity index (χ2n) is 5.58. The Bertz CT molecular complexity index is 518. The first-order valence-corrected chi connectivity index (χ1v) is 7.33. The second kappa shape index (κ2) is 6.26. The Hall–Kier alpha value is -1.88. The fourth-order valence-corrected chi connectivity index (χ4v) is 2.87. The third kappa shape index (κ3) is 3.08. The molecule has 1 fully saturated rings. The molecule has 5 nitrogen and oxygen atoms in total. The molecule has 2 rings (SSSR count). The highest BCUT2D eigenvalue weighted by Crippen LogP contribution is 2.29. The highest BCUT2D eigenvalue weighted by atomic mass is 16.4. The van der Waals surface area contributed by atoms with Gasteiger partial charge in [-0.3, -0.25) is 14.5 Å². The number of anilines is 1. The summed E-state index contributed by atoms with van der Waals surface area (Å²) in [6, 6.07) is 9.47. The molecule has 1 heterocycles. The van der Waals surface area contributed by atoms with Gasteiger partial charge in [0.25, 0.3) is 0 Å². The van der Waals surface area contributed by atoms with Crippen molar-refractivity contribution < 1.29 is 14.7 Å². The third-order valence-corrected chi connectivity index (χ3v) is 4.26. The van der Waals surface area contributed by atoms with Gasteiger partial charge in [0.15, 0.2) is 0 Å². The molecule has 1 unspecified atom stereocenters. The van der Waals surface area contributed by atoms with Gasteiger partial charge >= 0.3 is 5.97 Å². The summed E-state index contributed by atoms with van der Waals surface area (Å²) in [5.41, 5.74) is -0.0765. The molecule has 0 aliphatic carbocycles. The van der Waals surface area contributed by atoms with Gasteiger partial charge in [-0.1, -0.05) is 18.2 Å². The van der Waals surface area contributed by atoms with E-state index in [0.717, 1.165) is 12.1 Å². The van der Waals surface area contributed by atoms with Crippen LogP contribution < -0.4 is 4.90 Å². The maximum atomic E-state index is 12.5. The number of nitrogens with zero attached hydrogens (tertiary/aromatic N) is 2. The molecule has 5 heteroatoms. The van der Waals surface area contributed by atoms with E-state index in [4.69, 9.17) is 0 Å². The van der Waals surface area contributed by atoms with Crippen LogP contribution in [0.1, 0.15) is 26.7 Å². The lowest BCUT2D eigenvalue weighted by Gasteiger charge is -2.32. The Labute approximate surface area is 125 Å². The molecule has 1 saturated heterocycles. The molecule has 0 aromatic heterocycles. The number of aliphatic carboxylic acids is 1. The minimum Gasteiger partial charge on any atom is -0.480 e. The van der Waals surface area contributed by atoms with Crippen molar-refractivity contribution in [2.24, 2.45) is 0 Å². The van der Waals surface area contributed by atoms with Gasteiger partial charge in [-0.15, -0.1) is 0 Å². The largest absolute Gasteiger partial charge is 0.480 e. The number of carboxylic acid groups (broad SMARTS) is 1. The molecule has 1 atom stereocenters. The van der Waals surface area contributed by atoms with E-state index in [1.54, 1.807) is 16.7 Å². The molecule has 21 heavy (non-hydrogen) atoms. The van der Waals surface area contributed by atoms with Crippen LogP contribution in [0.2, 0.25) is 0 Å². The summed E-state index contributed by atoms with van der Waals surface area (Å²) in [5, 5.41) is 9.40. The van der Waals surface area contributed by atoms with Crippen molar-refractivity contribution in [2.75, 3.05) is 24.5 Å². The Morgan fingerprint density at radius 1 is 1.33 bits per heavy atom. The zero-order valence-electron chi connectivity index (χ0n) is 12.6. The van der Waals surface area contributed by atoms with Crippen LogP contribution in [0.5, 0.6) is 0 Å². The molecule has 1 aliphatic rings. The summed E-state index contributed by atoms with van der Waals surface area (Å²) >= 11 is 0. The van der Waals surface area contributed by atoms with Crippen molar-refractivity contribution >= 4 is 17.6 Å². The lowest BCUT2D eigenvalue weighted by molar-refractivity contribution is -0.149. The number of carbonyl (C=O) groups excluding carboxylic acids is 1. The molecule has 1 aromatic rings. The molecule has 0 radical (unpaired) electrons. The smallest absolute Gasteiger partial charge is 0.323 e. The van der Waals surface area contributed by atoms with E-state index in [-0.39, 0.29) is 12.5 Å². The van der Waals surface area contributed by atoms with E-state index in [0.29, 0.717) is 19.5 Å². The number of hydrogen-bond donors (Lipinski definition) is 1. The van der Waals surface area contributed by atoms with Crippen molar-refractivity contribution in [3.63, 3.8) is 0 Å². The fourth-order valence-electron chi connectivity index (χ4n) is 2.87. The van der Waals surface area contributed by atoms with Crippen LogP contribution in [0.4, 0.5) is 5.69 Å². The zero-order valence-corrected chi connectivity index (χ0v) is 12.6. The second-order valence-corrected chi connectivity index (χ2v) is 5.58. The number of likely N-dealkylation sites (tertiary alicyclic amines) is 1. The summed E-state index contributed by atoms with van der Waals surface area (Å²) in [5.74, 6) is -0.909. The van der Waals surface area contributed by atoms with Crippen LogP contribution in [0.3, 0.4) is 0 Å². The van der Waals surface area contributed by atoms with Crippen LogP contribution >= 0.6 is 0 Å². The highest BCUT2D eigenvalue weighted by Gasteiger charge is 2.44. The Morgan fingerprint density at radius 3 is 2.57 bits per heavy atom. The van der Waals surface area contributed by atoms with E-state index in [9.17, 15) is 14.7 Å². The molecule has 0 spiro atoms. The minimum absolute atomic E-state index is 0.0573. The number of carboxylic acids is 1. The molecule has 1 aromatic carbocycles. The van der Waals surface area contributed by atoms with Gasteiger partial charge in [-0.05, 0) is 45.4 Å². The van der Waals surface area contributed by atoms with E-state index >= 15 is 0 Å². The lowest BCUT2D eigenvalue weighted by Crippen LogP contribution is -2.52. The fraction of sp³-hybridized carbons (Fsp3) is 0.500. The van der Waals surface area contributed by atoms with Crippen LogP contribution in [-0.4, -0.2) is 47.1 Å². The first kappa shape index (κ1) is 15.5. The predicted molar refractivity (Wildman–Crippen MR) is 81.3 cm³/mol. The molecular weight excluding hydrogens is 268 g/mol. The number of amides is 1. The molecule has 1 amide bonds. The standard InChI is InChI=1S/C16H22N2O3/c1-3-18(13-8-5-4-6-9-13)14(19)12-17-11-7-10-16(17,2)15(20)21/h4-6,8-9H,3,7,10-12H2,1-2H3,(H,20,21). The zero-order chi connectivity index (χ0) is 15.5. The highest BCUT2D eigenvalue weighted by molar-refractivity contribution is 5.95. The summed E-state index contributed by atoms with van der Waals surface area (Å²) in [6.07, 6.45) is 1.40. The van der Waals surface area contributed by atoms with E-state index < -0.39 is 11.5 Å². The van der Waals surface area contributed by atoms with Crippen molar-refractivity contribution in [1.82, 2.24) is 4.90 Å². The van der Waals surface area contributed by atoms with Crippen LogP contribution in [0.15, 0.2) is 30.3 Å². The monoisotopic (exact) mass is 290 g/mol. The van der Waals surface area contributed by atoms with E-state index in [2.05, 4.69) is 0 Å². The number of para-hydroxylation sites is 1. The SMILES string of the molecule is CCN(C(=O)CN1CCCC1(C)C(=O)O)c1ccccc1. The summed E-state index contributed by atoms with van der Waals surface area (Å²) in [7, 11) is 0. The molecule has 1 aliphatic heterocycles. The van der Waals surface area contributed by atoms with Crippen molar-refractivity contribution in [1.29, 1.82) is 0 Å². The van der Waals surface area contributed by atoms with Crippen LogP contribution in [-0.2, 0) is 9.59 Å². The molecule has 0 saturated carbocycles.